The van der Waals surface area contributed by atoms with Crippen molar-refractivity contribution in [3.05, 3.63) is 35.6 Å². The summed E-state index contributed by atoms with van der Waals surface area (Å²) in [6.45, 7) is 4.28. The highest BCUT2D eigenvalue weighted by Gasteiger charge is 2.21. The standard InChI is InChI=1S/C14H18BrFN2O/c15-5-6-17-7-9-18(10-8-17)14(19)11-12-3-1-2-4-13(12)16/h1-4H,5-11H2. The monoisotopic (exact) mass is 328 g/mol. The lowest BCUT2D eigenvalue weighted by Gasteiger charge is -2.34. The van der Waals surface area contributed by atoms with Crippen molar-refractivity contribution in [1.29, 1.82) is 0 Å². The highest BCUT2D eigenvalue weighted by molar-refractivity contribution is 9.09. The summed E-state index contributed by atoms with van der Waals surface area (Å²) in [7, 11) is 0. The van der Waals surface area contributed by atoms with Crippen LogP contribution in [-0.2, 0) is 11.2 Å². The lowest BCUT2D eigenvalue weighted by Crippen LogP contribution is -2.49. The lowest BCUT2D eigenvalue weighted by molar-refractivity contribution is -0.132. The second kappa shape index (κ2) is 7.01. The maximum atomic E-state index is 13.5. The first-order chi connectivity index (χ1) is 9.20. The molecule has 1 aliphatic heterocycles. The van der Waals surface area contributed by atoms with E-state index in [0.717, 1.165) is 38.1 Å². The van der Waals surface area contributed by atoms with Crippen LogP contribution in [0.1, 0.15) is 5.56 Å². The Morgan fingerprint density at radius 1 is 1.21 bits per heavy atom. The van der Waals surface area contributed by atoms with E-state index >= 15 is 0 Å². The van der Waals surface area contributed by atoms with Gasteiger partial charge < -0.3 is 4.90 Å². The molecule has 0 atom stereocenters. The Morgan fingerprint density at radius 2 is 1.89 bits per heavy atom. The molecule has 0 bridgehead atoms. The highest BCUT2D eigenvalue weighted by Crippen LogP contribution is 2.10. The first-order valence-corrected chi connectivity index (χ1v) is 7.62. The topological polar surface area (TPSA) is 23.6 Å². The van der Waals surface area contributed by atoms with Crippen LogP contribution in [0.3, 0.4) is 0 Å². The average Bonchev–Trinajstić information content (AvgIpc) is 2.42. The summed E-state index contributed by atoms with van der Waals surface area (Å²) in [4.78, 5) is 16.3. The van der Waals surface area contributed by atoms with E-state index in [0.29, 0.717) is 5.56 Å². The Kier molecular flexibility index (Phi) is 5.34. The van der Waals surface area contributed by atoms with Gasteiger partial charge in [-0.05, 0) is 11.6 Å². The molecule has 0 unspecified atom stereocenters. The Balaban J connectivity index is 1.87. The summed E-state index contributed by atoms with van der Waals surface area (Å²) in [5.41, 5.74) is 0.482. The molecule has 1 amide bonds. The summed E-state index contributed by atoms with van der Waals surface area (Å²) in [5, 5.41) is 0.955. The summed E-state index contributed by atoms with van der Waals surface area (Å²) < 4.78 is 13.5. The number of hydrogen-bond acceptors (Lipinski definition) is 2. The molecular formula is C14H18BrFN2O. The van der Waals surface area contributed by atoms with Crippen molar-refractivity contribution in [2.75, 3.05) is 38.1 Å². The van der Waals surface area contributed by atoms with Gasteiger partial charge in [0, 0.05) is 38.1 Å². The third-order valence-electron chi connectivity index (χ3n) is 3.43. The molecule has 1 aromatic carbocycles. The summed E-state index contributed by atoms with van der Waals surface area (Å²) >= 11 is 3.42. The van der Waals surface area contributed by atoms with Gasteiger partial charge in [-0.15, -0.1) is 0 Å². The third kappa shape index (κ3) is 4.01. The normalized spacial score (nSPS) is 16.6. The van der Waals surface area contributed by atoms with E-state index in [1.165, 1.54) is 6.07 Å². The maximum absolute atomic E-state index is 13.5. The zero-order chi connectivity index (χ0) is 13.7. The van der Waals surface area contributed by atoms with E-state index in [-0.39, 0.29) is 18.1 Å². The van der Waals surface area contributed by atoms with Gasteiger partial charge in [-0.1, -0.05) is 34.1 Å². The van der Waals surface area contributed by atoms with Gasteiger partial charge in [-0.2, -0.15) is 0 Å². The van der Waals surface area contributed by atoms with Gasteiger partial charge >= 0.3 is 0 Å². The molecule has 0 N–H and O–H groups in total. The number of alkyl halides is 1. The molecule has 19 heavy (non-hydrogen) atoms. The highest BCUT2D eigenvalue weighted by atomic mass is 79.9. The molecule has 0 aliphatic carbocycles. The molecule has 0 radical (unpaired) electrons. The van der Waals surface area contributed by atoms with Gasteiger partial charge in [-0.25, -0.2) is 4.39 Å². The lowest BCUT2D eigenvalue weighted by atomic mass is 10.1. The second-order valence-electron chi connectivity index (χ2n) is 4.68. The number of benzene rings is 1. The Hall–Kier alpha value is -0.940. The molecule has 0 spiro atoms. The minimum absolute atomic E-state index is 0.0172. The molecule has 1 saturated heterocycles. The number of piperazine rings is 1. The van der Waals surface area contributed by atoms with E-state index in [4.69, 9.17) is 0 Å². The van der Waals surface area contributed by atoms with Crippen molar-refractivity contribution >= 4 is 21.8 Å². The summed E-state index contributed by atoms with van der Waals surface area (Å²) in [5.74, 6) is -0.280. The molecule has 1 aliphatic rings. The maximum Gasteiger partial charge on any atom is 0.227 e. The van der Waals surface area contributed by atoms with Gasteiger partial charge in [0.2, 0.25) is 5.91 Å². The minimum atomic E-state index is -0.297. The number of amides is 1. The molecule has 1 fully saturated rings. The van der Waals surface area contributed by atoms with Crippen molar-refractivity contribution in [1.82, 2.24) is 9.80 Å². The fraction of sp³-hybridized carbons (Fsp3) is 0.500. The van der Waals surface area contributed by atoms with E-state index in [1.54, 1.807) is 18.2 Å². The number of carbonyl (C=O) groups is 1. The molecule has 1 heterocycles. The molecular weight excluding hydrogens is 311 g/mol. The summed E-state index contributed by atoms with van der Waals surface area (Å²) in [6.07, 6.45) is 0.158. The van der Waals surface area contributed by atoms with Gasteiger partial charge in [0.05, 0.1) is 6.42 Å². The fourth-order valence-corrected chi connectivity index (χ4v) is 2.76. The molecule has 0 saturated carbocycles. The van der Waals surface area contributed by atoms with Crippen LogP contribution < -0.4 is 0 Å². The van der Waals surface area contributed by atoms with Crippen LogP contribution in [0.4, 0.5) is 4.39 Å². The minimum Gasteiger partial charge on any atom is -0.340 e. The van der Waals surface area contributed by atoms with Gasteiger partial charge in [-0.3, -0.25) is 9.69 Å². The Labute approximate surface area is 121 Å². The Bertz CT molecular complexity index is 433. The van der Waals surface area contributed by atoms with Crippen LogP contribution in [0.25, 0.3) is 0 Å². The first-order valence-electron chi connectivity index (χ1n) is 6.50. The molecule has 1 aromatic rings. The smallest absolute Gasteiger partial charge is 0.227 e. The number of nitrogens with zero attached hydrogens (tertiary/aromatic N) is 2. The zero-order valence-electron chi connectivity index (χ0n) is 10.8. The quantitative estimate of drug-likeness (QED) is 0.788. The van der Waals surface area contributed by atoms with Crippen LogP contribution in [-0.4, -0.2) is 53.8 Å². The van der Waals surface area contributed by atoms with Crippen LogP contribution in [0.2, 0.25) is 0 Å². The van der Waals surface area contributed by atoms with Crippen LogP contribution in [0, 0.1) is 5.82 Å². The predicted molar refractivity (Wildman–Crippen MR) is 76.9 cm³/mol. The van der Waals surface area contributed by atoms with Gasteiger partial charge in [0.25, 0.3) is 0 Å². The van der Waals surface area contributed by atoms with Crippen LogP contribution >= 0.6 is 15.9 Å². The van der Waals surface area contributed by atoms with E-state index in [9.17, 15) is 9.18 Å². The first kappa shape index (κ1) is 14.5. The number of carbonyl (C=O) groups excluding carboxylic acids is 1. The second-order valence-corrected chi connectivity index (χ2v) is 5.47. The Morgan fingerprint density at radius 3 is 2.53 bits per heavy atom. The molecule has 5 heteroatoms. The van der Waals surface area contributed by atoms with Crippen molar-refractivity contribution < 1.29 is 9.18 Å². The fourth-order valence-electron chi connectivity index (χ4n) is 2.26. The van der Waals surface area contributed by atoms with Gasteiger partial charge in [0.15, 0.2) is 0 Å². The van der Waals surface area contributed by atoms with Crippen LogP contribution in [0.5, 0.6) is 0 Å². The summed E-state index contributed by atoms with van der Waals surface area (Å²) in [6, 6.07) is 6.48. The van der Waals surface area contributed by atoms with E-state index in [1.807, 2.05) is 4.90 Å². The molecule has 2 rings (SSSR count). The number of hydrogen-bond donors (Lipinski definition) is 0. The average molecular weight is 329 g/mol. The van der Waals surface area contributed by atoms with Gasteiger partial charge in [0.1, 0.15) is 5.82 Å². The van der Waals surface area contributed by atoms with Crippen LogP contribution in [0.15, 0.2) is 24.3 Å². The SMILES string of the molecule is O=C(Cc1ccccc1F)N1CCN(CCBr)CC1. The van der Waals surface area contributed by atoms with E-state index in [2.05, 4.69) is 20.8 Å². The van der Waals surface area contributed by atoms with Crippen molar-refractivity contribution in [2.45, 2.75) is 6.42 Å². The number of halogens is 2. The molecule has 3 nitrogen and oxygen atoms in total. The van der Waals surface area contributed by atoms with E-state index < -0.39 is 0 Å². The molecule has 104 valence electrons. The third-order valence-corrected chi connectivity index (χ3v) is 3.78. The molecule has 0 aromatic heterocycles. The van der Waals surface area contributed by atoms with Crippen molar-refractivity contribution in [2.24, 2.45) is 0 Å². The van der Waals surface area contributed by atoms with Crippen molar-refractivity contribution in [3.8, 4) is 0 Å². The number of rotatable bonds is 4. The van der Waals surface area contributed by atoms with Crippen molar-refractivity contribution in [3.63, 3.8) is 0 Å². The zero-order valence-corrected chi connectivity index (χ0v) is 12.4. The predicted octanol–water partition coefficient (Wildman–Crippen LogP) is 1.91. The largest absolute Gasteiger partial charge is 0.340 e.